The molecular formula is C21H24FN3O6S. The third-order valence-electron chi connectivity index (χ3n) is 5.96. The fourth-order valence-electron chi connectivity index (χ4n) is 4.23. The number of imide groups is 1. The van der Waals surface area contributed by atoms with E-state index in [1.54, 1.807) is 0 Å². The van der Waals surface area contributed by atoms with Crippen molar-refractivity contribution < 1.29 is 31.9 Å². The van der Waals surface area contributed by atoms with Crippen molar-refractivity contribution in [2.45, 2.75) is 24.2 Å². The van der Waals surface area contributed by atoms with Crippen LogP contribution in [0.25, 0.3) is 0 Å². The summed E-state index contributed by atoms with van der Waals surface area (Å²) in [7, 11) is -4.08. The van der Waals surface area contributed by atoms with Gasteiger partial charge in [0.05, 0.1) is 25.0 Å². The Morgan fingerprint density at radius 1 is 1.09 bits per heavy atom. The molecule has 0 radical (unpaired) electrons. The van der Waals surface area contributed by atoms with Gasteiger partial charge in [0.2, 0.25) is 27.7 Å². The van der Waals surface area contributed by atoms with Gasteiger partial charge in [0.25, 0.3) is 0 Å². The summed E-state index contributed by atoms with van der Waals surface area (Å²) in [6.07, 6.45) is 4.67. The van der Waals surface area contributed by atoms with Gasteiger partial charge in [-0.3, -0.25) is 19.3 Å². The van der Waals surface area contributed by atoms with Gasteiger partial charge in [-0.1, -0.05) is 12.2 Å². The molecule has 0 saturated carbocycles. The monoisotopic (exact) mass is 465 g/mol. The Labute approximate surface area is 185 Å². The molecule has 1 aliphatic carbocycles. The number of allylic oxidation sites excluding steroid dienone is 2. The zero-order chi connectivity index (χ0) is 22.9. The van der Waals surface area contributed by atoms with Crippen LogP contribution in [-0.2, 0) is 29.1 Å². The van der Waals surface area contributed by atoms with Crippen LogP contribution in [0, 0.1) is 17.7 Å². The number of halogens is 1. The molecule has 0 bridgehead atoms. The Bertz CT molecular complexity index is 1040. The maximum Gasteiger partial charge on any atom is 0.246 e. The maximum absolute atomic E-state index is 14.3. The Balaban J connectivity index is 1.40. The van der Waals surface area contributed by atoms with Crippen LogP contribution in [-0.4, -0.2) is 68.2 Å². The first-order chi connectivity index (χ1) is 15.3. The second kappa shape index (κ2) is 9.08. The Hall–Kier alpha value is -2.63. The Morgan fingerprint density at radius 2 is 1.72 bits per heavy atom. The minimum absolute atomic E-state index is 0.0589. The zero-order valence-corrected chi connectivity index (χ0v) is 18.1. The molecule has 9 nitrogen and oxygen atoms in total. The summed E-state index contributed by atoms with van der Waals surface area (Å²) < 4.78 is 46.1. The number of likely N-dealkylation sites (tertiary alicyclic amines) is 1. The highest BCUT2D eigenvalue weighted by molar-refractivity contribution is 7.89. The minimum Gasteiger partial charge on any atom is -0.379 e. The molecule has 1 aromatic carbocycles. The number of hydrogen-bond acceptors (Lipinski definition) is 6. The number of anilines is 1. The number of amides is 3. The molecule has 1 aromatic rings. The van der Waals surface area contributed by atoms with Gasteiger partial charge in [-0.2, -0.15) is 4.31 Å². The number of fused-ring (bicyclic) bond motifs is 1. The molecule has 1 N–H and O–H groups in total. The van der Waals surface area contributed by atoms with Crippen molar-refractivity contribution in [1.82, 2.24) is 9.21 Å². The quantitative estimate of drug-likeness (QED) is 0.498. The van der Waals surface area contributed by atoms with Crippen molar-refractivity contribution in [2.24, 2.45) is 11.8 Å². The number of hydrogen-bond donors (Lipinski definition) is 1. The van der Waals surface area contributed by atoms with E-state index in [1.807, 2.05) is 12.2 Å². The van der Waals surface area contributed by atoms with Gasteiger partial charge in [-0.15, -0.1) is 0 Å². The number of carbonyl (C=O) groups is 3. The third kappa shape index (κ3) is 4.32. The number of nitrogens with zero attached hydrogens (tertiary/aromatic N) is 2. The fourth-order valence-corrected chi connectivity index (χ4v) is 5.73. The summed E-state index contributed by atoms with van der Waals surface area (Å²) in [5.41, 5.74) is 0.111. The number of nitrogens with one attached hydrogen (secondary N) is 1. The van der Waals surface area contributed by atoms with Crippen LogP contribution in [0.3, 0.4) is 0 Å². The molecule has 172 valence electrons. The maximum atomic E-state index is 14.3. The molecule has 4 rings (SSSR count). The second-order valence-corrected chi connectivity index (χ2v) is 9.85. The number of sulfonamides is 1. The molecule has 3 aliphatic rings. The summed E-state index contributed by atoms with van der Waals surface area (Å²) in [5, 5.41) is 2.53. The molecule has 2 fully saturated rings. The highest BCUT2D eigenvalue weighted by Gasteiger charge is 2.46. The number of ether oxygens (including phenoxy) is 1. The molecule has 2 atom stereocenters. The van der Waals surface area contributed by atoms with Crippen molar-refractivity contribution in [3.05, 3.63) is 36.2 Å². The highest BCUT2D eigenvalue weighted by atomic mass is 32.2. The SMILES string of the molecule is O=C(CCN1C(=O)C2CC=CCC2C1=O)Nc1ccc(F)c(S(=O)(=O)N2CCOCC2)c1. The smallest absolute Gasteiger partial charge is 0.246 e. The fraction of sp³-hybridized carbons (Fsp3) is 0.476. The van der Waals surface area contributed by atoms with E-state index in [-0.39, 0.29) is 68.6 Å². The largest absolute Gasteiger partial charge is 0.379 e. The molecule has 32 heavy (non-hydrogen) atoms. The van der Waals surface area contributed by atoms with Gasteiger partial charge in [0, 0.05) is 31.7 Å². The van der Waals surface area contributed by atoms with Crippen molar-refractivity contribution in [2.75, 3.05) is 38.2 Å². The number of carbonyl (C=O) groups excluding carboxylic acids is 3. The summed E-state index contributed by atoms with van der Waals surface area (Å²) in [6, 6.07) is 3.32. The lowest BCUT2D eigenvalue weighted by Gasteiger charge is -2.26. The van der Waals surface area contributed by atoms with Crippen molar-refractivity contribution in [3.8, 4) is 0 Å². The standard InChI is InChI=1S/C21H24FN3O6S/c22-17-6-5-14(13-18(17)32(29,30)24-9-11-31-12-10-24)23-19(26)7-8-25-20(27)15-3-1-2-4-16(15)21(25)28/h1-2,5-6,13,15-16H,3-4,7-12H2,(H,23,26). The first kappa shape index (κ1) is 22.6. The predicted molar refractivity (Wildman–Crippen MR) is 111 cm³/mol. The van der Waals surface area contributed by atoms with Gasteiger partial charge in [0.15, 0.2) is 0 Å². The van der Waals surface area contributed by atoms with E-state index >= 15 is 0 Å². The van der Waals surface area contributed by atoms with Crippen molar-refractivity contribution in [1.29, 1.82) is 0 Å². The Kier molecular flexibility index (Phi) is 6.40. The second-order valence-electron chi connectivity index (χ2n) is 7.94. The van der Waals surface area contributed by atoms with Crippen LogP contribution in [0.1, 0.15) is 19.3 Å². The molecule has 3 amide bonds. The molecule has 0 spiro atoms. The zero-order valence-electron chi connectivity index (χ0n) is 17.3. The highest BCUT2D eigenvalue weighted by Crippen LogP contribution is 2.35. The topological polar surface area (TPSA) is 113 Å². The van der Waals surface area contributed by atoms with Gasteiger partial charge >= 0.3 is 0 Å². The first-order valence-electron chi connectivity index (χ1n) is 10.5. The molecule has 0 aromatic heterocycles. The lowest BCUT2D eigenvalue weighted by atomic mass is 9.85. The van der Waals surface area contributed by atoms with Gasteiger partial charge in [0.1, 0.15) is 10.7 Å². The summed E-state index contributed by atoms with van der Waals surface area (Å²) in [6.45, 7) is 0.629. The average molecular weight is 466 g/mol. The van der Waals surface area contributed by atoms with E-state index in [9.17, 15) is 27.2 Å². The summed E-state index contributed by atoms with van der Waals surface area (Å²) in [5.74, 6) is -2.68. The lowest BCUT2D eigenvalue weighted by Crippen LogP contribution is -2.40. The molecule has 2 saturated heterocycles. The van der Waals surface area contributed by atoms with Gasteiger partial charge < -0.3 is 10.1 Å². The van der Waals surface area contributed by atoms with Crippen LogP contribution in [0.15, 0.2) is 35.2 Å². The van der Waals surface area contributed by atoms with Crippen molar-refractivity contribution in [3.63, 3.8) is 0 Å². The average Bonchev–Trinajstić information content (AvgIpc) is 3.04. The summed E-state index contributed by atoms with van der Waals surface area (Å²) in [4.78, 5) is 38.0. The van der Waals surface area contributed by atoms with Crippen molar-refractivity contribution >= 4 is 33.4 Å². The number of rotatable bonds is 6. The first-order valence-corrected chi connectivity index (χ1v) is 11.9. The summed E-state index contributed by atoms with van der Waals surface area (Å²) >= 11 is 0. The molecule has 2 aliphatic heterocycles. The molecule has 2 unspecified atom stereocenters. The molecule has 11 heteroatoms. The lowest BCUT2D eigenvalue weighted by molar-refractivity contribution is -0.140. The Morgan fingerprint density at radius 3 is 2.34 bits per heavy atom. The van der Waals surface area contributed by atoms with E-state index in [0.29, 0.717) is 12.8 Å². The van der Waals surface area contributed by atoms with Gasteiger partial charge in [-0.25, -0.2) is 12.8 Å². The van der Waals surface area contributed by atoms with Crippen LogP contribution in [0.4, 0.5) is 10.1 Å². The predicted octanol–water partition coefficient (Wildman–Crippen LogP) is 1.13. The van der Waals surface area contributed by atoms with E-state index in [4.69, 9.17) is 4.74 Å². The van der Waals surface area contributed by atoms with Crippen LogP contribution in [0.2, 0.25) is 0 Å². The molecule has 2 heterocycles. The normalized spacial score (nSPS) is 24.0. The van der Waals surface area contributed by atoms with Crippen LogP contribution < -0.4 is 5.32 Å². The van der Waals surface area contributed by atoms with E-state index in [0.717, 1.165) is 21.3 Å². The van der Waals surface area contributed by atoms with Crippen LogP contribution in [0.5, 0.6) is 0 Å². The van der Waals surface area contributed by atoms with E-state index in [1.165, 1.54) is 6.07 Å². The van der Waals surface area contributed by atoms with E-state index < -0.39 is 26.6 Å². The third-order valence-corrected chi connectivity index (χ3v) is 7.88. The minimum atomic E-state index is -4.08. The number of morpholine rings is 1. The number of benzene rings is 1. The van der Waals surface area contributed by atoms with E-state index in [2.05, 4.69) is 5.32 Å². The van der Waals surface area contributed by atoms with Gasteiger partial charge in [-0.05, 0) is 31.0 Å². The van der Waals surface area contributed by atoms with Crippen LogP contribution >= 0.6 is 0 Å². The molecular weight excluding hydrogens is 441 g/mol.